The number of aromatic nitrogens is 1. The number of nitrogens with zero attached hydrogens (tertiary/aromatic N) is 1. The Labute approximate surface area is 141 Å². The van der Waals surface area contributed by atoms with Crippen molar-refractivity contribution in [3.8, 4) is 11.3 Å². The quantitative estimate of drug-likeness (QED) is 0.665. The maximum absolute atomic E-state index is 13.3. The lowest BCUT2D eigenvalue weighted by Gasteiger charge is -2.13. The Balaban J connectivity index is 2.52. The number of nitrogens with one attached hydrogen (secondary N) is 2. The number of aliphatic hydroxyl groups is 1. The van der Waals surface area contributed by atoms with Gasteiger partial charge >= 0.3 is 0 Å². The summed E-state index contributed by atoms with van der Waals surface area (Å²) in [5, 5.41) is 25.0. The Morgan fingerprint density at radius 2 is 2.30 bits per heavy atom. The minimum absolute atomic E-state index is 0.339. The molecule has 23 heavy (non-hydrogen) atoms. The van der Waals surface area contributed by atoms with Crippen LogP contribution in [0.15, 0.2) is 39.0 Å². The van der Waals surface area contributed by atoms with Gasteiger partial charge in [0.1, 0.15) is 11.9 Å². The zero-order valence-electron chi connectivity index (χ0n) is 12.7. The molecule has 1 aromatic heterocycles. The molecule has 0 fully saturated rings. The first-order valence-electron chi connectivity index (χ1n) is 7.03. The number of aryl methyl sites for hydroxylation is 1. The molecule has 1 unspecified atom stereocenters. The molecule has 0 bridgehead atoms. The summed E-state index contributed by atoms with van der Waals surface area (Å²) in [5.74, 6) is -0.0442. The highest BCUT2D eigenvalue weighted by molar-refractivity contribution is 9.10. The fraction of sp³-hybridized carbons (Fsp3) is 0.250. The van der Waals surface area contributed by atoms with Gasteiger partial charge < -0.3 is 20.4 Å². The van der Waals surface area contributed by atoms with Gasteiger partial charge in [0.25, 0.3) is 0 Å². The SMILES string of the molecule is CCN/C=C(\C=N)C(O)c1c(C)noc1-c1ccc(F)cc1Br. The van der Waals surface area contributed by atoms with E-state index in [1.165, 1.54) is 12.1 Å². The van der Waals surface area contributed by atoms with Crippen molar-refractivity contribution >= 4 is 22.1 Å². The van der Waals surface area contributed by atoms with Crippen molar-refractivity contribution < 1.29 is 14.0 Å². The van der Waals surface area contributed by atoms with Crippen LogP contribution >= 0.6 is 15.9 Å². The summed E-state index contributed by atoms with van der Waals surface area (Å²) in [6.45, 7) is 4.29. The van der Waals surface area contributed by atoms with E-state index >= 15 is 0 Å². The molecule has 0 amide bonds. The molecule has 1 heterocycles. The van der Waals surface area contributed by atoms with Crippen LogP contribution in [0.25, 0.3) is 11.3 Å². The summed E-state index contributed by atoms with van der Waals surface area (Å²) in [6, 6.07) is 4.17. The minimum Gasteiger partial charge on any atom is -0.391 e. The number of hydrogen-bond acceptors (Lipinski definition) is 5. The highest BCUT2D eigenvalue weighted by atomic mass is 79.9. The Kier molecular flexibility index (Phi) is 5.68. The van der Waals surface area contributed by atoms with Crippen molar-refractivity contribution in [1.29, 1.82) is 5.41 Å². The molecular weight excluding hydrogens is 365 g/mol. The van der Waals surface area contributed by atoms with Crippen molar-refractivity contribution in [2.75, 3.05) is 6.54 Å². The molecule has 3 N–H and O–H groups in total. The second-order valence-electron chi connectivity index (χ2n) is 4.88. The fourth-order valence-electron chi connectivity index (χ4n) is 2.15. The highest BCUT2D eigenvalue weighted by Crippen LogP contribution is 2.37. The van der Waals surface area contributed by atoms with Gasteiger partial charge in [0.15, 0.2) is 5.76 Å². The first kappa shape index (κ1) is 17.4. The van der Waals surface area contributed by atoms with Crippen LogP contribution in [0, 0.1) is 18.2 Å². The third-order valence-corrected chi connectivity index (χ3v) is 3.97. The summed E-state index contributed by atoms with van der Waals surface area (Å²) in [7, 11) is 0. The summed E-state index contributed by atoms with van der Waals surface area (Å²) in [5.41, 5.74) is 1.91. The molecule has 0 saturated carbocycles. The summed E-state index contributed by atoms with van der Waals surface area (Å²) >= 11 is 3.29. The minimum atomic E-state index is -1.08. The normalized spacial score (nSPS) is 13.0. The van der Waals surface area contributed by atoms with Gasteiger partial charge in [0, 0.05) is 34.6 Å². The molecule has 2 aromatic rings. The molecule has 1 aromatic carbocycles. The van der Waals surface area contributed by atoms with E-state index in [2.05, 4.69) is 26.4 Å². The van der Waals surface area contributed by atoms with Crippen LogP contribution in [0.2, 0.25) is 0 Å². The number of rotatable bonds is 6. The van der Waals surface area contributed by atoms with Crippen LogP contribution in [0.1, 0.15) is 24.3 Å². The third-order valence-electron chi connectivity index (χ3n) is 3.31. The highest BCUT2D eigenvalue weighted by Gasteiger charge is 2.25. The average Bonchev–Trinajstić information content (AvgIpc) is 2.89. The van der Waals surface area contributed by atoms with E-state index in [1.54, 1.807) is 19.2 Å². The maximum Gasteiger partial charge on any atom is 0.174 e. The number of halogens is 2. The van der Waals surface area contributed by atoms with Crippen molar-refractivity contribution in [2.24, 2.45) is 0 Å². The van der Waals surface area contributed by atoms with Crippen molar-refractivity contribution in [2.45, 2.75) is 20.0 Å². The first-order valence-corrected chi connectivity index (χ1v) is 7.82. The number of aliphatic hydroxyl groups excluding tert-OH is 1. The zero-order valence-corrected chi connectivity index (χ0v) is 14.3. The van der Waals surface area contributed by atoms with Crippen LogP contribution in [0.5, 0.6) is 0 Å². The Morgan fingerprint density at radius 1 is 1.57 bits per heavy atom. The smallest absolute Gasteiger partial charge is 0.174 e. The van der Waals surface area contributed by atoms with E-state index in [0.717, 1.165) is 6.21 Å². The second-order valence-corrected chi connectivity index (χ2v) is 5.74. The van der Waals surface area contributed by atoms with Crippen LogP contribution in [0.3, 0.4) is 0 Å². The van der Waals surface area contributed by atoms with Crippen LogP contribution in [0.4, 0.5) is 4.39 Å². The number of hydrogen-bond donors (Lipinski definition) is 3. The van der Waals surface area contributed by atoms with Gasteiger partial charge in [-0.2, -0.15) is 0 Å². The molecule has 0 aliphatic carbocycles. The first-order chi connectivity index (χ1) is 11.0. The van der Waals surface area contributed by atoms with Crippen LogP contribution in [-0.2, 0) is 0 Å². The lowest BCUT2D eigenvalue weighted by Crippen LogP contribution is -2.11. The van der Waals surface area contributed by atoms with Gasteiger partial charge in [0.2, 0.25) is 0 Å². The molecule has 122 valence electrons. The van der Waals surface area contributed by atoms with E-state index in [0.29, 0.717) is 39.2 Å². The van der Waals surface area contributed by atoms with E-state index in [9.17, 15) is 9.50 Å². The van der Waals surface area contributed by atoms with Gasteiger partial charge in [-0.1, -0.05) is 5.16 Å². The molecule has 7 heteroatoms. The molecular formula is C16H17BrFN3O2. The summed E-state index contributed by atoms with van der Waals surface area (Å²) < 4.78 is 19.1. The Bertz CT molecular complexity index is 743. The van der Waals surface area contributed by atoms with Gasteiger partial charge in [0.05, 0.1) is 11.3 Å². The van der Waals surface area contributed by atoms with Crippen molar-refractivity contribution in [3.05, 3.63) is 51.5 Å². The monoisotopic (exact) mass is 381 g/mol. The third kappa shape index (κ3) is 3.68. The topological polar surface area (TPSA) is 82.1 Å². The van der Waals surface area contributed by atoms with Crippen molar-refractivity contribution in [1.82, 2.24) is 10.5 Å². The molecule has 0 aliphatic rings. The van der Waals surface area contributed by atoms with Gasteiger partial charge in [-0.05, 0) is 48.0 Å². The summed E-state index contributed by atoms with van der Waals surface area (Å²) in [4.78, 5) is 0. The van der Waals surface area contributed by atoms with E-state index in [-0.39, 0.29) is 5.82 Å². The van der Waals surface area contributed by atoms with Gasteiger partial charge in [-0.25, -0.2) is 4.39 Å². The molecule has 0 saturated heterocycles. The molecule has 0 spiro atoms. The van der Waals surface area contributed by atoms with E-state index in [4.69, 9.17) is 9.93 Å². The predicted molar refractivity (Wildman–Crippen MR) is 89.8 cm³/mol. The molecule has 0 radical (unpaired) electrons. The second kappa shape index (κ2) is 7.52. The van der Waals surface area contributed by atoms with Crippen molar-refractivity contribution in [3.63, 3.8) is 0 Å². The molecule has 1 atom stereocenters. The van der Waals surface area contributed by atoms with Gasteiger partial charge in [-0.3, -0.25) is 0 Å². The van der Waals surface area contributed by atoms with E-state index in [1.807, 2.05) is 6.92 Å². The molecule has 2 rings (SSSR count). The zero-order chi connectivity index (χ0) is 17.0. The van der Waals surface area contributed by atoms with Crippen LogP contribution < -0.4 is 5.32 Å². The predicted octanol–water partition coefficient (Wildman–Crippen LogP) is 3.73. The largest absolute Gasteiger partial charge is 0.391 e. The maximum atomic E-state index is 13.3. The Morgan fingerprint density at radius 3 is 2.91 bits per heavy atom. The molecule has 5 nitrogen and oxygen atoms in total. The number of benzene rings is 1. The lowest BCUT2D eigenvalue weighted by molar-refractivity contribution is 0.221. The summed E-state index contributed by atoms with van der Waals surface area (Å²) in [6.07, 6.45) is 1.57. The Hall–Kier alpha value is -1.99. The van der Waals surface area contributed by atoms with Gasteiger partial charge in [-0.15, -0.1) is 0 Å². The van der Waals surface area contributed by atoms with Crippen LogP contribution in [-0.4, -0.2) is 23.0 Å². The van der Waals surface area contributed by atoms with E-state index < -0.39 is 6.10 Å². The molecule has 0 aliphatic heterocycles. The average molecular weight is 382 g/mol. The lowest BCUT2D eigenvalue weighted by atomic mass is 9.98. The standard InChI is InChI=1S/C16H17BrFN3O2/c1-3-20-8-10(7-19)15(22)14-9(2)21-23-16(14)12-5-4-11(18)6-13(12)17/h4-8,15,19-20,22H,3H2,1-2H3/b10-8+,19-7?. The fourth-order valence-corrected chi connectivity index (χ4v) is 2.68.